The first-order chi connectivity index (χ1) is 25.8. The largest absolute Gasteiger partial charge is 0.472 e. The second-order valence-electron chi connectivity index (χ2n) is 12.3. The SMILES string of the molecule is CC/C=C\C/C=C\C/C=C\C/C=C\C/C=C\CCCC(=O)OC(COC(=O)CCCCCC/C=C\C/C=C\C/C=C\C/C=C\CC)COP(=O)(O)OC. The summed E-state index contributed by atoms with van der Waals surface area (Å²) >= 11 is 0. The minimum Gasteiger partial charge on any atom is -0.462 e. The molecule has 0 rings (SSSR count). The van der Waals surface area contributed by atoms with Crippen LogP contribution in [-0.2, 0) is 32.7 Å². The van der Waals surface area contributed by atoms with Crippen LogP contribution >= 0.6 is 7.82 Å². The van der Waals surface area contributed by atoms with E-state index in [2.05, 4.69) is 122 Å². The molecule has 0 aromatic carbocycles. The third-order valence-corrected chi connectivity index (χ3v) is 8.45. The fourth-order valence-electron chi connectivity index (χ4n) is 4.56. The van der Waals surface area contributed by atoms with E-state index in [4.69, 9.17) is 14.0 Å². The van der Waals surface area contributed by atoms with Gasteiger partial charge in [0.25, 0.3) is 0 Å². The van der Waals surface area contributed by atoms with Gasteiger partial charge in [-0.2, -0.15) is 0 Å². The van der Waals surface area contributed by atoms with Crippen LogP contribution in [0.2, 0.25) is 0 Å². The third-order valence-electron chi connectivity index (χ3n) is 7.51. The summed E-state index contributed by atoms with van der Waals surface area (Å²) in [6.45, 7) is 3.56. The Morgan fingerprint density at radius 1 is 0.528 bits per heavy atom. The van der Waals surface area contributed by atoms with Crippen LogP contribution in [0.1, 0.15) is 129 Å². The van der Waals surface area contributed by atoms with Crippen LogP contribution in [0, 0.1) is 0 Å². The van der Waals surface area contributed by atoms with Gasteiger partial charge in [-0.15, -0.1) is 0 Å². The maximum absolute atomic E-state index is 12.5. The van der Waals surface area contributed by atoms with Gasteiger partial charge in [0.2, 0.25) is 0 Å². The van der Waals surface area contributed by atoms with Crippen molar-refractivity contribution in [3.63, 3.8) is 0 Å². The van der Waals surface area contributed by atoms with Crippen molar-refractivity contribution in [1.82, 2.24) is 0 Å². The molecule has 0 spiro atoms. The van der Waals surface area contributed by atoms with E-state index in [1.807, 2.05) is 6.08 Å². The highest BCUT2D eigenvalue weighted by atomic mass is 31.2. The summed E-state index contributed by atoms with van der Waals surface area (Å²) < 4.78 is 31.8. The molecule has 53 heavy (non-hydrogen) atoms. The molecular formula is C44H69O8P. The molecule has 0 aromatic heterocycles. The summed E-state index contributed by atoms with van der Waals surface area (Å²) in [6, 6.07) is 0. The lowest BCUT2D eigenvalue weighted by molar-refractivity contribution is -0.161. The summed E-state index contributed by atoms with van der Waals surface area (Å²) in [4.78, 5) is 34.4. The Bertz CT molecular complexity index is 1220. The van der Waals surface area contributed by atoms with Crippen molar-refractivity contribution in [2.24, 2.45) is 0 Å². The number of phosphoric ester groups is 1. The van der Waals surface area contributed by atoms with Gasteiger partial charge >= 0.3 is 19.8 Å². The summed E-state index contributed by atoms with van der Waals surface area (Å²) in [5.74, 6) is -0.914. The number of phosphoric acid groups is 1. The normalized spacial score (nSPS) is 14.6. The molecule has 1 N–H and O–H groups in total. The maximum atomic E-state index is 12.5. The van der Waals surface area contributed by atoms with Gasteiger partial charge in [-0.3, -0.25) is 18.6 Å². The number of carbonyl (C=O) groups is 2. The lowest BCUT2D eigenvalue weighted by Crippen LogP contribution is -2.29. The van der Waals surface area contributed by atoms with E-state index in [1.165, 1.54) is 0 Å². The Morgan fingerprint density at radius 2 is 0.925 bits per heavy atom. The first-order valence-corrected chi connectivity index (χ1v) is 21.1. The molecule has 298 valence electrons. The molecule has 2 atom stereocenters. The first kappa shape index (κ1) is 49.7. The van der Waals surface area contributed by atoms with Crippen LogP contribution in [-0.4, -0.2) is 43.3 Å². The minimum absolute atomic E-state index is 0.154. The molecule has 8 nitrogen and oxygen atoms in total. The van der Waals surface area contributed by atoms with Crippen molar-refractivity contribution >= 4 is 19.8 Å². The zero-order valence-electron chi connectivity index (χ0n) is 32.9. The standard InChI is InChI=1S/C44H69O8P/c1-4-6-8-10-12-14-16-18-20-22-24-26-28-30-32-34-36-38-43(45)50-40-42(41-51-53(47,48)49-3)52-44(46)39-37-35-33-31-29-27-25-23-21-19-17-15-13-11-9-7-5-2/h6-9,12-15,18-21,24-27,31,33,42H,4-5,10-11,16-17,22-23,28-30,32,34-41H2,1-3H3,(H,47,48)/b8-6-,9-7-,14-12-,15-13-,20-18-,21-19-,26-24-,27-25-,33-31-. The average molecular weight is 757 g/mol. The van der Waals surface area contributed by atoms with E-state index in [0.717, 1.165) is 90.6 Å². The monoisotopic (exact) mass is 756 g/mol. The summed E-state index contributed by atoms with van der Waals surface area (Å²) in [5, 5.41) is 0. The van der Waals surface area contributed by atoms with Crippen molar-refractivity contribution in [2.45, 2.75) is 136 Å². The number of ether oxygens (including phenoxy) is 2. The minimum atomic E-state index is -4.29. The number of rotatable bonds is 34. The second kappa shape index (κ2) is 38.4. The van der Waals surface area contributed by atoms with Gasteiger partial charge in [-0.05, 0) is 89.9 Å². The fraction of sp³-hybridized carbons (Fsp3) is 0.545. The summed E-state index contributed by atoms with van der Waals surface area (Å²) in [6.07, 6.45) is 52.9. The molecule has 0 aliphatic heterocycles. The smallest absolute Gasteiger partial charge is 0.462 e. The number of hydrogen-bond donors (Lipinski definition) is 1. The molecule has 0 bridgehead atoms. The van der Waals surface area contributed by atoms with Crippen molar-refractivity contribution in [3.8, 4) is 0 Å². The fourth-order valence-corrected chi connectivity index (χ4v) is 5.02. The Labute approximate surface area is 321 Å². The Morgan fingerprint density at radius 3 is 1.38 bits per heavy atom. The molecule has 0 amide bonds. The highest BCUT2D eigenvalue weighted by molar-refractivity contribution is 7.47. The highest BCUT2D eigenvalue weighted by Crippen LogP contribution is 2.42. The zero-order chi connectivity index (χ0) is 38.9. The average Bonchev–Trinajstić information content (AvgIpc) is 3.15. The van der Waals surface area contributed by atoms with Crippen LogP contribution in [0.4, 0.5) is 0 Å². The number of hydrogen-bond acceptors (Lipinski definition) is 7. The van der Waals surface area contributed by atoms with Gasteiger partial charge in [0.1, 0.15) is 6.61 Å². The predicted octanol–water partition coefficient (Wildman–Crippen LogP) is 12.3. The second-order valence-corrected chi connectivity index (χ2v) is 13.9. The van der Waals surface area contributed by atoms with Gasteiger partial charge in [-0.1, -0.05) is 136 Å². The Balaban J connectivity index is 4.23. The number of carbonyl (C=O) groups excluding carboxylic acids is 2. The lowest BCUT2D eigenvalue weighted by atomic mass is 10.1. The first-order valence-electron chi connectivity index (χ1n) is 19.6. The van der Waals surface area contributed by atoms with Gasteiger partial charge in [0, 0.05) is 20.0 Å². The van der Waals surface area contributed by atoms with Gasteiger partial charge in [-0.25, -0.2) is 4.57 Å². The van der Waals surface area contributed by atoms with Crippen molar-refractivity contribution < 1.29 is 37.6 Å². The summed E-state index contributed by atoms with van der Waals surface area (Å²) in [7, 11) is -3.25. The van der Waals surface area contributed by atoms with E-state index in [9.17, 15) is 19.0 Å². The molecule has 0 radical (unpaired) electrons. The van der Waals surface area contributed by atoms with Crippen LogP contribution in [0.3, 0.4) is 0 Å². The van der Waals surface area contributed by atoms with Crippen molar-refractivity contribution in [1.29, 1.82) is 0 Å². The van der Waals surface area contributed by atoms with Crippen LogP contribution in [0.25, 0.3) is 0 Å². The van der Waals surface area contributed by atoms with E-state index in [1.54, 1.807) is 0 Å². The van der Waals surface area contributed by atoms with Crippen LogP contribution in [0.15, 0.2) is 109 Å². The van der Waals surface area contributed by atoms with Crippen molar-refractivity contribution in [3.05, 3.63) is 109 Å². The van der Waals surface area contributed by atoms with Gasteiger partial charge in [0.05, 0.1) is 6.61 Å². The summed E-state index contributed by atoms with van der Waals surface area (Å²) in [5.41, 5.74) is 0. The molecule has 0 aliphatic carbocycles. The van der Waals surface area contributed by atoms with Crippen LogP contribution in [0.5, 0.6) is 0 Å². The molecular weight excluding hydrogens is 687 g/mol. The van der Waals surface area contributed by atoms with E-state index in [0.29, 0.717) is 19.3 Å². The van der Waals surface area contributed by atoms with Crippen LogP contribution < -0.4 is 0 Å². The molecule has 0 aromatic rings. The number of allylic oxidation sites excluding steroid dienone is 18. The third kappa shape index (κ3) is 38.3. The maximum Gasteiger partial charge on any atom is 0.472 e. The van der Waals surface area contributed by atoms with E-state index >= 15 is 0 Å². The number of esters is 2. The lowest BCUT2D eigenvalue weighted by Gasteiger charge is -2.19. The molecule has 0 saturated heterocycles. The zero-order valence-corrected chi connectivity index (χ0v) is 33.8. The topological polar surface area (TPSA) is 108 Å². The van der Waals surface area contributed by atoms with Gasteiger partial charge < -0.3 is 14.4 Å². The Hall–Kier alpha value is -3.29. The van der Waals surface area contributed by atoms with E-state index in [-0.39, 0.29) is 19.4 Å². The predicted molar refractivity (Wildman–Crippen MR) is 220 cm³/mol. The van der Waals surface area contributed by atoms with Crippen molar-refractivity contribution in [2.75, 3.05) is 20.3 Å². The molecule has 0 aliphatic rings. The quantitative estimate of drug-likeness (QED) is 0.0299. The highest BCUT2D eigenvalue weighted by Gasteiger charge is 2.24. The number of unbranched alkanes of at least 4 members (excludes halogenated alkanes) is 5. The molecule has 2 unspecified atom stereocenters. The molecule has 9 heteroatoms. The molecule has 0 heterocycles. The Kier molecular flexibility index (Phi) is 36.0. The molecule has 0 saturated carbocycles. The van der Waals surface area contributed by atoms with Gasteiger partial charge in [0.15, 0.2) is 6.10 Å². The van der Waals surface area contributed by atoms with E-state index < -0.39 is 32.5 Å². The molecule has 0 fully saturated rings.